The molecule has 18 heavy (non-hydrogen) atoms. The predicted octanol–water partition coefficient (Wildman–Crippen LogP) is 2.26. The number of pyridine rings is 2. The van der Waals surface area contributed by atoms with Crippen LogP contribution in [0, 0.1) is 12.7 Å². The van der Waals surface area contributed by atoms with E-state index in [-0.39, 0.29) is 11.3 Å². The zero-order chi connectivity index (χ0) is 13.3. The van der Waals surface area contributed by atoms with Crippen LogP contribution in [0.25, 0.3) is 5.69 Å². The molecule has 2 rings (SSSR count). The van der Waals surface area contributed by atoms with Crippen LogP contribution in [0.3, 0.4) is 0 Å². The molecule has 0 bridgehead atoms. The van der Waals surface area contributed by atoms with Gasteiger partial charge < -0.3 is 0 Å². The van der Waals surface area contributed by atoms with Crippen molar-refractivity contribution in [3.8, 4) is 5.69 Å². The lowest BCUT2D eigenvalue weighted by Crippen LogP contribution is -2.24. The summed E-state index contributed by atoms with van der Waals surface area (Å²) in [6, 6.07) is 2.62. The van der Waals surface area contributed by atoms with Gasteiger partial charge in [-0.05, 0) is 28.9 Å². The van der Waals surface area contributed by atoms with Gasteiger partial charge >= 0.3 is 0 Å². The molecule has 2 aromatic heterocycles. The molecular weight excluding hydrogens is 303 g/mol. The third-order valence-corrected chi connectivity index (χ3v) is 3.29. The number of nitrogens with zero attached hydrogens (tertiary/aromatic N) is 2. The summed E-state index contributed by atoms with van der Waals surface area (Å²) in [7, 11) is 0. The van der Waals surface area contributed by atoms with E-state index in [4.69, 9.17) is 0 Å². The fourth-order valence-corrected chi connectivity index (χ4v) is 2.03. The molecule has 0 fully saturated rings. The summed E-state index contributed by atoms with van der Waals surface area (Å²) in [5.74, 6) is -0.550. The minimum atomic E-state index is -0.550. The standard InChI is InChI=1S/C12H8BrFN2O2/c1-7-11(13)2-8(6-17)12(18)16(7)10-3-9(14)4-15-5-10/h2-6H,1H3. The lowest BCUT2D eigenvalue weighted by atomic mass is 10.2. The zero-order valence-corrected chi connectivity index (χ0v) is 10.9. The Labute approximate surface area is 110 Å². The first-order valence-electron chi connectivity index (χ1n) is 5.03. The summed E-state index contributed by atoms with van der Waals surface area (Å²) in [5, 5.41) is 0. The van der Waals surface area contributed by atoms with E-state index in [0.29, 0.717) is 16.5 Å². The van der Waals surface area contributed by atoms with Crippen LogP contribution < -0.4 is 5.56 Å². The van der Waals surface area contributed by atoms with Crippen molar-refractivity contribution in [1.29, 1.82) is 0 Å². The molecule has 0 saturated heterocycles. The Hall–Kier alpha value is -1.82. The molecule has 0 spiro atoms. The van der Waals surface area contributed by atoms with E-state index in [0.717, 1.165) is 6.20 Å². The Bertz CT molecular complexity index is 682. The lowest BCUT2D eigenvalue weighted by Gasteiger charge is -2.11. The Balaban J connectivity index is 2.82. The molecule has 0 radical (unpaired) electrons. The van der Waals surface area contributed by atoms with Crippen LogP contribution >= 0.6 is 15.9 Å². The average Bonchev–Trinajstić information content (AvgIpc) is 2.34. The molecule has 0 aliphatic carbocycles. The van der Waals surface area contributed by atoms with Gasteiger partial charge in [0.15, 0.2) is 6.29 Å². The maximum atomic E-state index is 13.1. The molecule has 0 aliphatic rings. The first-order valence-corrected chi connectivity index (χ1v) is 5.82. The van der Waals surface area contributed by atoms with Crippen molar-refractivity contribution in [2.24, 2.45) is 0 Å². The quantitative estimate of drug-likeness (QED) is 0.799. The van der Waals surface area contributed by atoms with E-state index in [1.54, 1.807) is 6.92 Å². The van der Waals surface area contributed by atoms with Gasteiger partial charge in [-0.25, -0.2) is 4.39 Å². The van der Waals surface area contributed by atoms with Crippen LogP contribution in [0.1, 0.15) is 16.1 Å². The normalized spacial score (nSPS) is 10.4. The fraction of sp³-hybridized carbons (Fsp3) is 0.0833. The highest BCUT2D eigenvalue weighted by molar-refractivity contribution is 9.10. The highest BCUT2D eigenvalue weighted by atomic mass is 79.9. The summed E-state index contributed by atoms with van der Waals surface area (Å²) >= 11 is 3.25. The van der Waals surface area contributed by atoms with Crippen LogP contribution in [0.2, 0.25) is 0 Å². The van der Waals surface area contributed by atoms with Gasteiger partial charge in [-0.1, -0.05) is 0 Å². The van der Waals surface area contributed by atoms with E-state index in [2.05, 4.69) is 20.9 Å². The number of hydrogen-bond donors (Lipinski definition) is 0. The molecule has 2 aromatic rings. The van der Waals surface area contributed by atoms with Crippen LogP contribution in [-0.2, 0) is 0 Å². The van der Waals surface area contributed by atoms with Gasteiger partial charge in [0.25, 0.3) is 5.56 Å². The summed E-state index contributed by atoms with van der Waals surface area (Å²) in [6.45, 7) is 1.69. The summed E-state index contributed by atoms with van der Waals surface area (Å²) in [6.07, 6.45) is 2.87. The number of aromatic nitrogens is 2. The summed E-state index contributed by atoms with van der Waals surface area (Å²) in [4.78, 5) is 26.6. The van der Waals surface area contributed by atoms with Crippen molar-refractivity contribution in [1.82, 2.24) is 9.55 Å². The number of hydrogen-bond acceptors (Lipinski definition) is 3. The van der Waals surface area contributed by atoms with E-state index >= 15 is 0 Å². The molecule has 6 heteroatoms. The Kier molecular flexibility index (Phi) is 3.38. The van der Waals surface area contributed by atoms with Crippen LogP contribution in [-0.4, -0.2) is 15.8 Å². The smallest absolute Gasteiger partial charge is 0.266 e. The Morgan fingerprint density at radius 2 is 2.11 bits per heavy atom. The molecule has 0 amide bonds. The van der Waals surface area contributed by atoms with Crippen LogP contribution in [0.4, 0.5) is 4.39 Å². The SMILES string of the molecule is Cc1c(Br)cc(C=O)c(=O)n1-c1cncc(F)c1. The van der Waals surface area contributed by atoms with E-state index in [1.165, 1.54) is 22.9 Å². The number of carbonyl (C=O) groups excluding carboxylic acids is 1. The number of rotatable bonds is 2. The van der Waals surface area contributed by atoms with Gasteiger partial charge in [0.1, 0.15) is 5.82 Å². The van der Waals surface area contributed by atoms with Crippen molar-refractivity contribution < 1.29 is 9.18 Å². The number of carbonyl (C=O) groups is 1. The van der Waals surface area contributed by atoms with Gasteiger partial charge in [-0.2, -0.15) is 0 Å². The molecule has 2 heterocycles. The molecule has 0 saturated carbocycles. The van der Waals surface area contributed by atoms with Crippen LogP contribution in [0.15, 0.2) is 33.8 Å². The monoisotopic (exact) mass is 310 g/mol. The first-order chi connectivity index (χ1) is 8.54. The molecule has 92 valence electrons. The van der Waals surface area contributed by atoms with Gasteiger partial charge in [0.05, 0.1) is 23.6 Å². The second-order valence-electron chi connectivity index (χ2n) is 3.65. The first kappa shape index (κ1) is 12.6. The largest absolute Gasteiger partial charge is 0.298 e. The second-order valence-corrected chi connectivity index (χ2v) is 4.51. The zero-order valence-electron chi connectivity index (χ0n) is 9.35. The third kappa shape index (κ3) is 2.11. The van der Waals surface area contributed by atoms with Crippen molar-refractivity contribution >= 4 is 22.2 Å². The highest BCUT2D eigenvalue weighted by Crippen LogP contribution is 2.18. The molecule has 0 aliphatic heterocycles. The maximum Gasteiger partial charge on any atom is 0.266 e. The Morgan fingerprint density at radius 3 is 2.72 bits per heavy atom. The number of aldehydes is 1. The molecule has 4 nitrogen and oxygen atoms in total. The van der Waals surface area contributed by atoms with E-state index < -0.39 is 11.4 Å². The molecule has 0 aromatic carbocycles. The third-order valence-electron chi connectivity index (χ3n) is 2.49. The lowest BCUT2D eigenvalue weighted by molar-refractivity contribution is 0.112. The minimum absolute atomic E-state index is 0.00302. The van der Waals surface area contributed by atoms with Gasteiger partial charge in [0, 0.05) is 16.2 Å². The predicted molar refractivity (Wildman–Crippen MR) is 67.6 cm³/mol. The fourth-order valence-electron chi connectivity index (χ4n) is 1.61. The highest BCUT2D eigenvalue weighted by Gasteiger charge is 2.12. The summed E-state index contributed by atoms with van der Waals surface area (Å²) < 4.78 is 15.0. The van der Waals surface area contributed by atoms with Gasteiger partial charge in [-0.3, -0.25) is 19.1 Å². The van der Waals surface area contributed by atoms with Crippen molar-refractivity contribution in [3.05, 3.63) is 56.4 Å². The van der Waals surface area contributed by atoms with E-state index in [9.17, 15) is 14.0 Å². The van der Waals surface area contributed by atoms with Crippen molar-refractivity contribution in [3.63, 3.8) is 0 Å². The minimum Gasteiger partial charge on any atom is -0.298 e. The summed E-state index contributed by atoms with van der Waals surface area (Å²) in [5.41, 5.74) is 0.342. The molecular formula is C12H8BrFN2O2. The molecule has 0 atom stereocenters. The molecule has 0 N–H and O–H groups in total. The van der Waals surface area contributed by atoms with E-state index in [1.807, 2.05) is 0 Å². The molecule has 0 unspecified atom stereocenters. The second kappa shape index (κ2) is 4.81. The van der Waals surface area contributed by atoms with Crippen molar-refractivity contribution in [2.75, 3.05) is 0 Å². The van der Waals surface area contributed by atoms with Gasteiger partial charge in [0.2, 0.25) is 0 Å². The average molecular weight is 311 g/mol. The maximum absolute atomic E-state index is 13.1. The van der Waals surface area contributed by atoms with Crippen molar-refractivity contribution in [2.45, 2.75) is 6.92 Å². The Morgan fingerprint density at radius 1 is 1.39 bits per heavy atom. The number of halogens is 2. The topological polar surface area (TPSA) is 52.0 Å². The van der Waals surface area contributed by atoms with Crippen LogP contribution in [0.5, 0.6) is 0 Å². The van der Waals surface area contributed by atoms with Gasteiger partial charge in [-0.15, -0.1) is 0 Å².